The lowest BCUT2D eigenvalue weighted by Gasteiger charge is -2.43. The van der Waals surface area contributed by atoms with Crippen molar-refractivity contribution in [2.75, 3.05) is 6.61 Å². The smallest absolute Gasteiger partial charge is 0.187 e. The number of phenolic OH excluding ortho intramolecular Hbond substituents is 3. The molecule has 0 amide bonds. The van der Waals surface area contributed by atoms with Gasteiger partial charge in [0, 0.05) is 24.1 Å². The van der Waals surface area contributed by atoms with E-state index in [9.17, 15) is 35.7 Å². The molecule has 0 aromatic heterocycles. The van der Waals surface area contributed by atoms with Gasteiger partial charge in [0.1, 0.15) is 53.5 Å². The SMILES string of the molecule is OCC1OC(OC2Cc3c(O)cc(O)cc3OC2c2ccc(O)cc2)C(O)C(O)C1O. The molecule has 2 aliphatic rings. The number of benzene rings is 2. The zero-order valence-electron chi connectivity index (χ0n) is 16.3. The van der Waals surface area contributed by atoms with Crippen LogP contribution in [0, 0.1) is 0 Å². The molecule has 1 fully saturated rings. The molecule has 2 aliphatic heterocycles. The number of hydrogen-bond acceptors (Lipinski definition) is 10. The Bertz CT molecular complexity index is 915. The molecule has 0 bridgehead atoms. The van der Waals surface area contributed by atoms with Crippen LogP contribution in [-0.4, -0.2) is 79.2 Å². The fraction of sp³-hybridized carbons (Fsp3) is 0.429. The van der Waals surface area contributed by atoms with Crippen LogP contribution in [0.15, 0.2) is 36.4 Å². The van der Waals surface area contributed by atoms with Crippen LogP contribution in [0.5, 0.6) is 23.0 Å². The highest BCUT2D eigenvalue weighted by Gasteiger charge is 2.46. The van der Waals surface area contributed by atoms with Gasteiger partial charge in [-0.1, -0.05) is 12.1 Å². The molecular weight excluding hydrogens is 412 g/mol. The van der Waals surface area contributed by atoms with Gasteiger partial charge in [-0.15, -0.1) is 0 Å². The number of phenols is 3. The fourth-order valence-electron chi connectivity index (χ4n) is 3.87. The summed E-state index contributed by atoms with van der Waals surface area (Å²) in [6.07, 6.45) is -8.80. The van der Waals surface area contributed by atoms with Crippen molar-refractivity contribution < 1.29 is 50.0 Å². The summed E-state index contributed by atoms with van der Waals surface area (Å²) >= 11 is 0. The summed E-state index contributed by atoms with van der Waals surface area (Å²) in [5, 5.41) is 69.4. The number of ether oxygens (including phenoxy) is 3. The Labute approximate surface area is 177 Å². The zero-order chi connectivity index (χ0) is 22.3. The molecule has 2 heterocycles. The number of aliphatic hydroxyl groups is 4. The summed E-state index contributed by atoms with van der Waals surface area (Å²) in [7, 11) is 0. The number of rotatable bonds is 4. The second kappa shape index (κ2) is 8.50. The van der Waals surface area contributed by atoms with E-state index < -0.39 is 49.5 Å². The van der Waals surface area contributed by atoms with E-state index in [1.165, 1.54) is 18.2 Å². The molecular formula is C21H24O10. The first kappa shape index (κ1) is 21.6. The van der Waals surface area contributed by atoms with Gasteiger partial charge in [-0.2, -0.15) is 0 Å². The van der Waals surface area contributed by atoms with Crippen LogP contribution in [0.3, 0.4) is 0 Å². The van der Waals surface area contributed by atoms with Crippen LogP contribution in [0.2, 0.25) is 0 Å². The molecule has 2 aromatic rings. The molecule has 0 radical (unpaired) electrons. The van der Waals surface area contributed by atoms with Gasteiger partial charge in [0.2, 0.25) is 0 Å². The number of aliphatic hydroxyl groups excluding tert-OH is 4. The normalized spacial score (nSPS) is 32.8. The highest BCUT2D eigenvalue weighted by molar-refractivity contribution is 5.51. The van der Waals surface area contributed by atoms with E-state index in [4.69, 9.17) is 14.2 Å². The van der Waals surface area contributed by atoms with Crippen molar-refractivity contribution >= 4 is 0 Å². The third-order valence-corrected chi connectivity index (χ3v) is 5.55. The Hall–Kier alpha value is -2.60. The minimum absolute atomic E-state index is 0.0432. The predicted octanol–water partition coefficient (Wildman–Crippen LogP) is -0.335. The molecule has 0 aliphatic carbocycles. The van der Waals surface area contributed by atoms with E-state index >= 15 is 0 Å². The molecule has 10 nitrogen and oxygen atoms in total. The molecule has 7 atom stereocenters. The minimum Gasteiger partial charge on any atom is -0.508 e. The van der Waals surface area contributed by atoms with Crippen LogP contribution < -0.4 is 4.74 Å². The molecule has 0 saturated carbocycles. The molecule has 7 unspecified atom stereocenters. The van der Waals surface area contributed by atoms with Gasteiger partial charge < -0.3 is 50.0 Å². The average molecular weight is 436 g/mol. The van der Waals surface area contributed by atoms with Crippen LogP contribution >= 0.6 is 0 Å². The zero-order valence-corrected chi connectivity index (χ0v) is 16.3. The topological polar surface area (TPSA) is 169 Å². The maximum atomic E-state index is 10.3. The Balaban J connectivity index is 1.66. The Kier molecular flexibility index (Phi) is 5.93. The number of aromatic hydroxyl groups is 3. The largest absolute Gasteiger partial charge is 0.508 e. The van der Waals surface area contributed by atoms with Crippen molar-refractivity contribution in [2.24, 2.45) is 0 Å². The standard InChI is InChI=1S/C21H24O10/c22-8-16-17(26)18(27)19(28)21(31-16)30-15-7-12-13(25)5-11(24)6-14(12)29-20(15)9-1-3-10(23)4-2-9/h1-6,15-28H,7-8H2. The second-order valence-corrected chi connectivity index (χ2v) is 7.65. The van der Waals surface area contributed by atoms with Crippen molar-refractivity contribution in [1.82, 2.24) is 0 Å². The summed E-state index contributed by atoms with van der Waals surface area (Å²) in [6, 6.07) is 8.65. The van der Waals surface area contributed by atoms with E-state index in [-0.39, 0.29) is 29.4 Å². The summed E-state index contributed by atoms with van der Waals surface area (Å²) in [6.45, 7) is -0.601. The maximum Gasteiger partial charge on any atom is 0.187 e. The Morgan fingerprint density at radius 3 is 2.29 bits per heavy atom. The third-order valence-electron chi connectivity index (χ3n) is 5.55. The lowest BCUT2D eigenvalue weighted by atomic mass is 9.93. The number of fused-ring (bicyclic) bond motifs is 1. The summed E-state index contributed by atoms with van der Waals surface area (Å²) in [4.78, 5) is 0. The van der Waals surface area contributed by atoms with E-state index in [1.807, 2.05) is 0 Å². The first-order valence-electron chi connectivity index (χ1n) is 9.75. The third kappa shape index (κ3) is 4.13. The monoisotopic (exact) mass is 436 g/mol. The van der Waals surface area contributed by atoms with Gasteiger partial charge >= 0.3 is 0 Å². The van der Waals surface area contributed by atoms with E-state index in [0.717, 1.165) is 6.07 Å². The molecule has 31 heavy (non-hydrogen) atoms. The molecule has 0 spiro atoms. The van der Waals surface area contributed by atoms with Crippen LogP contribution in [0.4, 0.5) is 0 Å². The van der Waals surface area contributed by atoms with Crippen molar-refractivity contribution in [3.63, 3.8) is 0 Å². The number of hydrogen-bond donors (Lipinski definition) is 7. The lowest BCUT2D eigenvalue weighted by Crippen LogP contribution is -2.60. The summed E-state index contributed by atoms with van der Waals surface area (Å²) in [5.74, 6) is -0.110. The first-order valence-corrected chi connectivity index (χ1v) is 9.75. The highest BCUT2D eigenvalue weighted by atomic mass is 16.7. The van der Waals surface area contributed by atoms with E-state index in [0.29, 0.717) is 11.1 Å². The average Bonchev–Trinajstić information content (AvgIpc) is 2.74. The molecule has 2 aromatic carbocycles. The Morgan fingerprint density at radius 2 is 1.61 bits per heavy atom. The van der Waals surface area contributed by atoms with Crippen molar-refractivity contribution in [1.29, 1.82) is 0 Å². The quantitative estimate of drug-likeness (QED) is 0.337. The molecule has 1 saturated heterocycles. The van der Waals surface area contributed by atoms with Crippen molar-refractivity contribution in [3.8, 4) is 23.0 Å². The molecule has 4 rings (SSSR count). The van der Waals surface area contributed by atoms with Gasteiger partial charge in [0.25, 0.3) is 0 Å². The predicted molar refractivity (Wildman–Crippen MR) is 104 cm³/mol. The Morgan fingerprint density at radius 1 is 0.903 bits per heavy atom. The van der Waals surface area contributed by atoms with E-state index in [1.54, 1.807) is 12.1 Å². The van der Waals surface area contributed by atoms with Gasteiger partial charge in [-0.3, -0.25) is 0 Å². The van der Waals surface area contributed by atoms with Crippen LogP contribution in [0.25, 0.3) is 0 Å². The molecule has 168 valence electrons. The summed E-state index contributed by atoms with van der Waals surface area (Å²) < 4.78 is 17.3. The molecule has 10 heteroatoms. The van der Waals surface area contributed by atoms with Gasteiger partial charge in [0.15, 0.2) is 12.4 Å². The van der Waals surface area contributed by atoms with Crippen LogP contribution in [-0.2, 0) is 15.9 Å². The maximum absolute atomic E-state index is 10.3. The van der Waals surface area contributed by atoms with Crippen LogP contribution in [0.1, 0.15) is 17.2 Å². The van der Waals surface area contributed by atoms with E-state index in [2.05, 4.69) is 0 Å². The second-order valence-electron chi connectivity index (χ2n) is 7.65. The molecule has 7 N–H and O–H groups in total. The van der Waals surface area contributed by atoms with Gasteiger partial charge in [0.05, 0.1) is 6.61 Å². The van der Waals surface area contributed by atoms with Crippen molar-refractivity contribution in [3.05, 3.63) is 47.5 Å². The minimum atomic E-state index is -1.61. The van der Waals surface area contributed by atoms with Gasteiger partial charge in [-0.05, 0) is 17.7 Å². The fourth-order valence-corrected chi connectivity index (χ4v) is 3.87. The highest BCUT2D eigenvalue weighted by Crippen LogP contribution is 2.43. The first-order chi connectivity index (χ1) is 14.8. The lowest BCUT2D eigenvalue weighted by molar-refractivity contribution is -0.317. The summed E-state index contributed by atoms with van der Waals surface area (Å²) in [5.41, 5.74) is 0.961. The van der Waals surface area contributed by atoms with Crippen molar-refractivity contribution in [2.45, 2.75) is 49.3 Å². The van der Waals surface area contributed by atoms with Gasteiger partial charge in [-0.25, -0.2) is 0 Å².